The third kappa shape index (κ3) is 3.70. The number of sulfonamides is 1. The van der Waals surface area contributed by atoms with E-state index in [1.165, 1.54) is 6.20 Å². The largest absolute Gasteiger partial charge is 0.383 e. The van der Waals surface area contributed by atoms with Crippen LogP contribution in [0.4, 0.5) is 5.82 Å². The summed E-state index contributed by atoms with van der Waals surface area (Å²) in [6.07, 6.45) is 1.32. The summed E-state index contributed by atoms with van der Waals surface area (Å²) in [7, 11) is -3.58. The van der Waals surface area contributed by atoms with Crippen molar-refractivity contribution in [3.63, 3.8) is 0 Å². The van der Waals surface area contributed by atoms with Crippen LogP contribution < -0.4 is 10.5 Å². The Kier molecular flexibility index (Phi) is 4.98. The predicted octanol–water partition coefficient (Wildman–Crippen LogP) is 1.62. The highest BCUT2D eigenvalue weighted by Gasteiger charge is 2.24. The van der Waals surface area contributed by atoms with Crippen LogP contribution in [0.3, 0.4) is 0 Å². The van der Waals surface area contributed by atoms with Crippen molar-refractivity contribution >= 4 is 15.8 Å². The summed E-state index contributed by atoms with van der Waals surface area (Å²) in [5.74, 6) is 0.750. The minimum Gasteiger partial charge on any atom is -0.383 e. The van der Waals surface area contributed by atoms with E-state index in [1.54, 1.807) is 4.68 Å². The molecule has 1 heterocycles. The van der Waals surface area contributed by atoms with Gasteiger partial charge in [0, 0.05) is 6.54 Å². The van der Waals surface area contributed by atoms with Gasteiger partial charge in [0.1, 0.15) is 10.7 Å². The van der Waals surface area contributed by atoms with Crippen molar-refractivity contribution in [1.29, 1.82) is 0 Å². The topological polar surface area (TPSA) is 90.0 Å². The van der Waals surface area contributed by atoms with Crippen LogP contribution in [0.25, 0.3) is 0 Å². The fourth-order valence-corrected chi connectivity index (χ4v) is 2.79. The van der Waals surface area contributed by atoms with Gasteiger partial charge in [0.05, 0.1) is 12.2 Å². The van der Waals surface area contributed by atoms with E-state index in [9.17, 15) is 8.42 Å². The van der Waals surface area contributed by atoms with Crippen LogP contribution in [0.5, 0.6) is 0 Å². The van der Waals surface area contributed by atoms with Crippen LogP contribution in [0.15, 0.2) is 11.1 Å². The third-order valence-corrected chi connectivity index (χ3v) is 4.56. The molecule has 110 valence electrons. The second-order valence-corrected chi connectivity index (χ2v) is 7.30. The first-order chi connectivity index (χ1) is 8.66. The molecule has 0 spiro atoms. The maximum atomic E-state index is 12.1. The Morgan fingerprint density at radius 1 is 1.32 bits per heavy atom. The first-order valence-electron chi connectivity index (χ1n) is 6.49. The number of aromatic nitrogens is 2. The summed E-state index contributed by atoms with van der Waals surface area (Å²) in [5, 5.41) is 4.10. The van der Waals surface area contributed by atoms with Gasteiger partial charge >= 0.3 is 0 Å². The van der Waals surface area contributed by atoms with Crippen LogP contribution >= 0.6 is 0 Å². The molecule has 7 heteroatoms. The monoisotopic (exact) mass is 288 g/mol. The molecule has 1 rings (SSSR count). The zero-order valence-corrected chi connectivity index (χ0v) is 13.0. The molecule has 1 aromatic rings. The molecule has 1 aromatic heterocycles. The molecule has 1 unspecified atom stereocenters. The molecule has 1 atom stereocenters. The molecule has 0 radical (unpaired) electrons. The lowest BCUT2D eigenvalue weighted by Crippen LogP contribution is -2.28. The molecule has 0 fully saturated rings. The summed E-state index contributed by atoms with van der Waals surface area (Å²) in [5.41, 5.74) is 5.92. The van der Waals surface area contributed by atoms with Crippen LogP contribution in [-0.4, -0.2) is 24.7 Å². The lowest BCUT2D eigenvalue weighted by Gasteiger charge is -2.17. The lowest BCUT2D eigenvalue weighted by atomic mass is 10.1. The molecule has 0 aliphatic heterocycles. The Balaban J connectivity index is 3.03. The van der Waals surface area contributed by atoms with Crippen molar-refractivity contribution in [1.82, 2.24) is 14.5 Å². The van der Waals surface area contributed by atoms with E-state index in [4.69, 9.17) is 5.73 Å². The first kappa shape index (κ1) is 16.0. The number of nitrogens with zero attached hydrogens (tertiary/aromatic N) is 2. The van der Waals surface area contributed by atoms with E-state index in [-0.39, 0.29) is 22.7 Å². The average molecular weight is 288 g/mol. The third-order valence-electron chi connectivity index (χ3n) is 3.12. The van der Waals surface area contributed by atoms with E-state index in [0.717, 1.165) is 0 Å². The predicted molar refractivity (Wildman–Crippen MR) is 76.2 cm³/mol. The summed E-state index contributed by atoms with van der Waals surface area (Å²) in [6, 6.07) is 0.0500. The van der Waals surface area contributed by atoms with Gasteiger partial charge in [-0.1, -0.05) is 27.7 Å². The number of nitrogens with one attached hydrogen (secondary N) is 1. The molecule has 3 N–H and O–H groups in total. The number of hydrogen-bond acceptors (Lipinski definition) is 4. The Hall–Kier alpha value is -1.08. The highest BCUT2D eigenvalue weighted by Crippen LogP contribution is 2.24. The van der Waals surface area contributed by atoms with Gasteiger partial charge in [-0.25, -0.2) is 17.8 Å². The Bertz CT molecular complexity index is 520. The quantitative estimate of drug-likeness (QED) is 0.832. The number of rotatable bonds is 6. The van der Waals surface area contributed by atoms with E-state index in [2.05, 4.69) is 9.82 Å². The maximum Gasteiger partial charge on any atom is 0.245 e. The molecule has 0 saturated heterocycles. The van der Waals surface area contributed by atoms with Crippen LogP contribution in [0.1, 0.15) is 40.7 Å². The second kappa shape index (κ2) is 5.92. The zero-order valence-electron chi connectivity index (χ0n) is 12.2. The molecule has 6 nitrogen and oxygen atoms in total. The number of nitrogens with two attached hydrogens (primary N) is 1. The van der Waals surface area contributed by atoms with Crippen LogP contribution in [0, 0.1) is 11.8 Å². The smallest absolute Gasteiger partial charge is 0.245 e. The Morgan fingerprint density at radius 3 is 2.37 bits per heavy atom. The van der Waals surface area contributed by atoms with E-state index in [0.29, 0.717) is 12.5 Å². The molecule has 0 bridgehead atoms. The summed E-state index contributed by atoms with van der Waals surface area (Å²) < 4.78 is 28.3. The summed E-state index contributed by atoms with van der Waals surface area (Å²) in [6.45, 7) is 10.3. The van der Waals surface area contributed by atoms with Gasteiger partial charge in [-0.05, 0) is 18.8 Å². The van der Waals surface area contributed by atoms with Crippen molar-refractivity contribution in [3.8, 4) is 0 Å². The first-order valence-corrected chi connectivity index (χ1v) is 7.97. The standard InChI is InChI=1S/C12H24N4O2S/c1-8(2)6-15-19(17,18)11-7-14-16(12(11)13)10(5)9(3)4/h7-10,15H,6,13H2,1-5H3. The molecule has 0 amide bonds. The van der Waals surface area contributed by atoms with Crippen molar-refractivity contribution in [2.24, 2.45) is 11.8 Å². The van der Waals surface area contributed by atoms with Crippen molar-refractivity contribution < 1.29 is 8.42 Å². The number of hydrogen-bond donors (Lipinski definition) is 2. The molecular weight excluding hydrogens is 264 g/mol. The lowest BCUT2D eigenvalue weighted by molar-refractivity contribution is 0.380. The summed E-state index contributed by atoms with van der Waals surface area (Å²) >= 11 is 0. The van der Waals surface area contributed by atoms with Crippen LogP contribution in [0.2, 0.25) is 0 Å². The molecule has 19 heavy (non-hydrogen) atoms. The Morgan fingerprint density at radius 2 is 1.89 bits per heavy atom. The molecule has 0 saturated carbocycles. The summed E-state index contributed by atoms with van der Waals surface area (Å²) in [4.78, 5) is 0.0562. The second-order valence-electron chi connectivity index (χ2n) is 5.57. The van der Waals surface area contributed by atoms with Crippen LogP contribution in [-0.2, 0) is 10.0 Å². The van der Waals surface area contributed by atoms with Crippen molar-refractivity contribution in [2.45, 2.75) is 45.6 Å². The Labute approximate surface area is 115 Å². The van der Waals surface area contributed by atoms with Gasteiger partial charge in [0.25, 0.3) is 0 Å². The minimum atomic E-state index is -3.58. The normalized spacial score (nSPS) is 14.3. The zero-order chi connectivity index (χ0) is 14.8. The van der Waals surface area contributed by atoms with Gasteiger partial charge < -0.3 is 5.73 Å². The SMILES string of the molecule is CC(C)CNS(=O)(=O)c1cnn(C(C)C(C)C)c1N. The molecule has 0 aromatic carbocycles. The number of nitrogen functional groups attached to an aromatic ring is 1. The van der Waals surface area contributed by atoms with Gasteiger partial charge in [-0.3, -0.25) is 0 Å². The van der Waals surface area contributed by atoms with Gasteiger partial charge in [0.15, 0.2) is 0 Å². The van der Waals surface area contributed by atoms with Crippen molar-refractivity contribution in [3.05, 3.63) is 6.20 Å². The van der Waals surface area contributed by atoms with E-state index in [1.807, 2.05) is 34.6 Å². The fraction of sp³-hybridized carbons (Fsp3) is 0.750. The van der Waals surface area contributed by atoms with Crippen molar-refractivity contribution in [2.75, 3.05) is 12.3 Å². The molecule has 0 aliphatic carbocycles. The minimum absolute atomic E-state index is 0.0500. The highest BCUT2D eigenvalue weighted by molar-refractivity contribution is 7.89. The van der Waals surface area contributed by atoms with E-state index < -0.39 is 10.0 Å². The molecule has 0 aliphatic rings. The molecular formula is C12H24N4O2S. The van der Waals surface area contributed by atoms with Gasteiger partial charge in [0.2, 0.25) is 10.0 Å². The number of anilines is 1. The fourth-order valence-electron chi connectivity index (χ4n) is 1.52. The highest BCUT2D eigenvalue weighted by atomic mass is 32.2. The van der Waals surface area contributed by atoms with E-state index >= 15 is 0 Å². The van der Waals surface area contributed by atoms with Gasteiger partial charge in [-0.15, -0.1) is 0 Å². The average Bonchev–Trinajstić information content (AvgIpc) is 2.68. The van der Waals surface area contributed by atoms with Gasteiger partial charge in [-0.2, -0.15) is 5.10 Å². The maximum absolute atomic E-state index is 12.1.